The van der Waals surface area contributed by atoms with Crippen molar-refractivity contribution in [2.45, 2.75) is 137 Å². The Balaban J connectivity index is -0.000000498. The molecule has 0 saturated heterocycles. The topological polar surface area (TPSA) is 27.7 Å². The van der Waals surface area contributed by atoms with Gasteiger partial charge in [-0.05, 0) is 56.8 Å². The molecule has 0 atom stereocenters. The molecule has 4 heteroatoms. The van der Waals surface area contributed by atoms with Crippen molar-refractivity contribution >= 4 is 11.8 Å². The van der Waals surface area contributed by atoms with Crippen LogP contribution in [0.25, 0.3) is 0 Å². The Labute approximate surface area is 246 Å². The molecule has 0 spiro atoms. The molecule has 234 valence electrons. The van der Waals surface area contributed by atoms with Crippen LogP contribution in [0.1, 0.15) is 137 Å². The van der Waals surface area contributed by atoms with Gasteiger partial charge in [-0.25, -0.2) is 0 Å². The highest BCUT2D eigenvalue weighted by Crippen LogP contribution is 2.26. The van der Waals surface area contributed by atoms with Crippen molar-refractivity contribution in [2.75, 3.05) is 51.1 Å². The predicted octanol–water partition coefficient (Wildman–Crippen LogP) is 10.8. The van der Waals surface area contributed by atoms with Gasteiger partial charge >= 0.3 is 0 Å². The van der Waals surface area contributed by atoms with Crippen LogP contribution in [0.2, 0.25) is 0 Å². The highest BCUT2D eigenvalue weighted by Gasteiger charge is 2.15. The van der Waals surface area contributed by atoms with Crippen molar-refractivity contribution in [3.05, 3.63) is 0 Å². The number of hydrogen-bond acceptors (Lipinski definition) is 4. The SMILES string of the molecule is CC(C)(C)CCOCCOCCC(C)(C)C.CC(C)(C)COCC(C)(C)C.CC(C)(C)CSCC(C)(C)C. The van der Waals surface area contributed by atoms with Crippen LogP contribution < -0.4 is 0 Å². The highest BCUT2D eigenvalue weighted by atomic mass is 32.2. The molecule has 0 aliphatic heterocycles. The molecule has 0 fully saturated rings. The Morgan fingerprint density at radius 1 is 0.342 bits per heavy atom. The highest BCUT2D eigenvalue weighted by molar-refractivity contribution is 7.99. The van der Waals surface area contributed by atoms with E-state index in [0.29, 0.717) is 32.5 Å². The summed E-state index contributed by atoms with van der Waals surface area (Å²) in [4.78, 5) is 0. The van der Waals surface area contributed by atoms with Gasteiger partial charge in [0.25, 0.3) is 0 Å². The number of ether oxygens (including phenoxy) is 3. The van der Waals surface area contributed by atoms with Gasteiger partial charge in [0, 0.05) is 13.2 Å². The van der Waals surface area contributed by atoms with Gasteiger partial charge in [-0.15, -0.1) is 0 Å². The Morgan fingerprint density at radius 3 is 0.842 bits per heavy atom. The van der Waals surface area contributed by atoms with Crippen molar-refractivity contribution in [1.82, 2.24) is 0 Å². The second-order valence-electron chi connectivity index (χ2n) is 18.1. The molecule has 0 aromatic carbocycles. The molecule has 0 heterocycles. The minimum absolute atomic E-state index is 0.297. The van der Waals surface area contributed by atoms with E-state index in [1.807, 2.05) is 0 Å². The zero-order valence-electron chi connectivity index (χ0n) is 29.7. The van der Waals surface area contributed by atoms with Crippen LogP contribution in [-0.4, -0.2) is 51.1 Å². The van der Waals surface area contributed by atoms with E-state index in [0.717, 1.165) is 52.5 Å². The molecule has 0 bridgehead atoms. The fourth-order valence-corrected chi connectivity index (χ4v) is 3.73. The molecule has 0 aliphatic rings. The summed E-state index contributed by atoms with van der Waals surface area (Å²) in [6.45, 7) is 45.1. The summed E-state index contributed by atoms with van der Waals surface area (Å²) < 4.78 is 16.6. The lowest BCUT2D eigenvalue weighted by molar-refractivity contribution is 0.0275. The first-order valence-electron chi connectivity index (χ1n) is 14.9. The standard InChI is InChI=1S/C14H30O2.C10H22O.C10H22S/c1-13(2,3)7-9-15-11-12-16-10-8-14(4,5)6;2*1-9(2,3)7-11-8-10(4,5)6/h7-12H2,1-6H3;2*7-8H2,1-6H3. The van der Waals surface area contributed by atoms with E-state index in [1.165, 1.54) is 11.5 Å². The molecule has 0 N–H and O–H groups in total. The van der Waals surface area contributed by atoms with E-state index < -0.39 is 0 Å². The van der Waals surface area contributed by atoms with Crippen molar-refractivity contribution in [2.24, 2.45) is 32.5 Å². The first kappa shape index (κ1) is 42.7. The van der Waals surface area contributed by atoms with Crippen LogP contribution >= 0.6 is 11.8 Å². The Bertz CT molecular complexity index is 451. The molecule has 0 amide bonds. The summed E-state index contributed by atoms with van der Waals surface area (Å²) in [5.41, 5.74) is 2.29. The van der Waals surface area contributed by atoms with Gasteiger partial charge in [0.1, 0.15) is 0 Å². The van der Waals surface area contributed by atoms with E-state index in [2.05, 4.69) is 136 Å². The molecule has 0 rings (SSSR count). The predicted molar refractivity (Wildman–Crippen MR) is 176 cm³/mol. The molecule has 0 radical (unpaired) electrons. The Kier molecular flexibility index (Phi) is 21.8. The van der Waals surface area contributed by atoms with Crippen molar-refractivity contribution in [3.8, 4) is 0 Å². The third kappa shape index (κ3) is 52.6. The second-order valence-corrected chi connectivity index (χ2v) is 19.1. The molecule has 0 saturated carbocycles. The van der Waals surface area contributed by atoms with Crippen molar-refractivity contribution in [3.63, 3.8) is 0 Å². The lowest BCUT2D eigenvalue weighted by Crippen LogP contribution is -2.21. The number of rotatable bonds is 11. The largest absolute Gasteiger partial charge is 0.380 e. The van der Waals surface area contributed by atoms with E-state index in [-0.39, 0.29) is 0 Å². The summed E-state index contributed by atoms with van der Waals surface area (Å²) in [6, 6.07) is 0. The molecule has 0 aromatic rings. The average molecular weight is 563 g/mol. The van der Waals surface area contributed by atoms with Crippen LogP contribution in [0.3, 0.4) is 0 Å². The Hall–Kier alpha value is 0.230. The van der Waals surface area contributed by atoms with Crippen LogP contribution in [0.5, 0.6) is 0 Å². The third-order valence-electron chi connectivity index (χ3n) is 4.51. The maximum atomic E-state index is 5.56. The first-order chi connectivity index (χ1) is 16.6. The normalized spacial score (nSPS) is 13.4. The molecular weight excluding hydrogens is 488 g/mol. The summed E-state index contributed by atoms with van der Waals surface area (Å²) in [5, 5.41) is 0. The summed E-state index contributed by atoms with van der Waals surface area (Å²) in [6.07, 6.45) is 2.21. The van der Waals surface area contributed by atoms with Crippen LogP contribution in [0.4, 0.5) is 0 Å². The van der Waals surface area contributed by atoms with E-state index in [4.69, 9.17) is 14.2 Å². The van der Waals surface area contributed by atoms with E-state index in [1.54, 1.807) is 0 Å². The van der Waals surface area contributed by atoms with Crippen LogP contribution in [0.15, 0.2) is 0 Å². The molecular formula is C34H74O3S. The van der Waals surface area contributed by atoms with Gasteiger partial charge in [0.05, 0.1) is 26.4 Å². The molecule has 0 aromatic heterocycles. The van der Waals surface area contributed by atoms with Crippen LogP contribution in [0, 0.1) is 32.5 Å². The van der Waals surface area contributed by atoms with Crippen LogP contribution in [-0.2, 0) is 14.2 Å². The minimum Gasteiger partial charge on any atom is -0.380 e. The van der Waals surface area contributed by atoms with Crippen molar-refractivity contribution < 1.29 is 14.2 Å². The van der Waals surface area contributed by atoms with E-state index >= 15 is 0 Å². The summed E-state index contributed by atoms with van der Waals surface area (Å²) in [5.74, 6) is 2.54. The maximum absolute atomic E-state index is 5.56. The van der Waals surface area contributed by atoms with Gasteiger partial charge in [-0.1, -0.05) is 125 Å². The Morgan fingerprint density at radius 2 is 0.632 bits per heavy atom. The molecule has 0 aliphatic carbocycles. The monoisotopic (exact) mass is 563 g/mol. The lowest BCUT2D eigenvalue weighted by Gasteiger charge is -2.23. The van der Waals surface area contributed by atoms with E-state index in [9.17, 15) is 0 Å². The lowest BCUT2D eigenvalue weighted by atomic mass is 9.93. The average Bonchev–Trinajstić information content (AvgIpc) is 2.58. The third-order valence-corrected chi connectivity index (χ3v) is 6.65. The van der Waals surface area contributed by atoms with Gasteiger partial charge in [0.2, 0.25) is 0 Å². The smallest absolute Gasteiger partial charge is 0.0700 e. The number of thioether (sulfide) groups is 1. The first-order valence-corrected chi connectivity index (χ1v) is 16.1. The second kappa shape index (κ2) is 19.4. The van der Waals surface area contributed by atoms with Gasteiger partial charge in [0.15, 0.2) is 0 Å². The minimum atomic E-state index is 0.297. The maximum Gasteiger partial charge on any atom is 0.0700 e. The zero-order valence-corrected chi connectivity index (χ0v) is 30.5. The molecule has 0 unspecified atom stereocenters. The summed E-state index contributed by atoms with van der Waals surface area (Å²) >= 11 is 2.07. The summed E-state index contributed by atoms with van der Waals surface area (Å²) in [7, 11) is 0. The zero-order chi connectivity index (χ0) is 30.9. The van der Waals surface area contributed by atoms with Crippen molar-refractivity contribution in [1.29, 1.82) is 0 Å². The van der Waals surface area contributed by atoms with Gasteiger partial charge in [-0.3, -0.25) is 0 Å². The van der Waals surface area contributed by atoms with Gasteiger partial charge in [-0.2, -0.15) is 11.8 Å². The molecule has 3 nitrogen and oxygen atoms in total. The number of hydrogen-bond donors (Lipinski definition) is 0. The molecule has 38 heavy (non-hydrogen) atoms. The fourth-order valence-electron chi connectivity index (χ4n) is 2.41. The van der Waals surface area contributed by atoms with Gasteiger partial charge < -0.3 is 14.2 Å². The fraction of sp³-hybridized carbons (Fsp3) is 1.00. The quantitative estimate of drug-likeness (QED) is 0.234.